The Morgan fingerprint density at radius 3 is 2.65 bits per heavy atom. The van der Waals surface area contributed by atoms with E-state index in [9.17, 15) is 8.42 Å². The van der Waals surface area contributed by atoms with Crippen molar-refractivity contribution in [3.05, 3.63) is 78.0 Å². The number of nitrogens with zero attached hydrogens (tertiary/aromatic N) is 2. The average Bonchev–Trinajstić information content (AvgIpc) is 3.51. The van der Waals surface area contributed by atoms with E-state index >= 15 is 0 Å². The lowest BCUT2D eigenvalue weighted by Gasteiger charge is -2.20. The van der Waals surface area contributed by atoms with Gasteiger partial charge in [0.2, 0.25) is 10.0 Å². The van der Waals surface area contributed by atoms with Crippen LogP contribution in [0.2, 0.25) is 0 Å². The van der Waals surface area contributed by atoms with Gasteiger partial charge in [-0.1, -0.05) is 30.3 Å². The van der Waals surface area contributed by atoms with Crippen molar-refractivity contribution in [2.24, 2.45) is 0 Å². The summed E-state index contributed by atoms with van der Waals surface area (Å²) in [5.41, 5.74) is 3.76. The molecule has 1 atom stereocenters. The summed E-state index contributed by atoms with van der Waals surface area (Å²) in [5, 5.41) is 1.02. The Kier molecular flexibility index (Phi) is 5.94. The van der Waals surface area contributed by atoms with Crippen LogP contribution in [0.5, 0.6) is 11.5 Å². The van der Waals surface area contributed by atoms with Gasteiger partial charge >= 0.3 is 0 Å². The summed E-state index contributed by atoms with van der Waals surface area (Å²) in [6, 6.07) is 18.5. The van der Waals surface area contributed by atoms with E-state index in [0.29, 0.717) is 22.5 Å². The second-order valence-corrected chi connectivity index (χ2v) is 9.96. The number of hydrogen-bond donors (Lipinski definition) is 2. The van der Waals surface area contributed by atoms with E-state index in [1.807, 2.05) is 48.7 Å². The highest BCUT2D eigenvalue weighted by molar-refractivity contribution is 7.89. The fourth-order valence-electron chi connectivity index (χ4n) is 4.13. The van der Waals surface area contributed by atoms with Gasteiger partial charge < -0.3 is 14.5 Å². The van der Waals surface area contributed by atoms with Gasteiger partial charge in [0.25, 0.3) is 0 Å². The normalized spacial score (nSPS) is 12.8. The molecule has 0 aliphatic heterocycles. The van der Waals surface area contributed by atoms with Crippen LogP contribution in [-0.4, -0.2) is 42.9 Å². The number of rotatable bonds is 8. The van der Waals surface area contributed by atoms with Crippen LogP contribution in [0.4, 0.5) is 0 Å². The Hall–Kier alpha value is -3.47. The van der Waals surface area contributed by atoms with Crippen LogP contribution in [0, 0.1) is 0 Å². The predicted molar refractivity (Wildman–Crippen MR) is 132 cm³/mol. The Balaban J connectivity index is 1.56. The van der Waals surface area contributed by atoms with Crippen molar-refractivity contribution in [3.8, 4) is 11.5 Å². The Labute approximate surface area is 200 Å². The second kappa shape index (κ2) is 9.05. The van der Waals surface area contributed by atoms with Crippen molar-refractivity contribution in [2.45, 2.75) is 10.8 Å². The number of aromatic amines is 1. The second-order valence-electron chi connectivity index (χ2n) is 7.70. The van der Waals surface area contributed by atoms with Gasteiger partial charge in [0.15, 0.2) is 11.5 Å². The van der Waals surface area contributed by atoms with E-state index in [-0.39, 0.29) is 17.4 Å². The maximum Gasteiger partial charge on any atom is 0.242 e. The van der Waals surface area contributed by atoms with Crippen molar-refractivity contribution in [2.75, 3.05) is 20.8 Å². The maximum absolute atomic E-state index is 13.3. The predicted octanol–water partition coefficient (Wildman–Crippen LogP) is 4.30. The third-order valence-corrected chi connectivity index (χ3v) is 7.82. The molecule has 0 saturated heterocycles. The zero-order chi connectivity index (χ0) is 23.7. The summed E-state index contributed by atoms with van der Waals surface area (Å²) in [7, 11) is -0.688. The van der Waals surface area contributed by atoms with Gasteiger partial charge in [0, 0.05) is 29.6 Å². The number of fused-ring (bicyclic) bond motifs is 2. The highest BCUT2D eigenvalue weighted by Crippen LogP contribution is 2.36. The number of ether oxygens (including phenoxy) is 2. The highest BCUT2D eigenvalue weighted by Gasteiger charge is 2.25. The first-order chi connectivity index (χ1) is 16.5. The molecule has 1 unspecified atom stereocenters. The van der Waals surface area contributed by atoms with Crippen LogP contribution < -0.4 is 14.2 Å². The fourth-order valence-corrected chi connectivity index (χ4v) is 5.94. The van der Waals surface area contributed by atoms with Crippen LogP contribution >= 0.6 is 11.7 Å². The number of benzene rings is 3. The van der Waals surface area contributed by atoms with E-state index in [4.69, 9.17) is 9.47 Å². The summed E-state index contributed by atoms with van der Waals surface area (Å²) in [6.45, 7) is 0.133. The molecule has 34 heavy (non-hydrogen) atoms. The molecule has 0 aliphatic rings. The van der Waals surface area contributed by atoms with E-state index in [1.165, 1.54) is 0 Å². The molecule has 0 radical (unpaired) electrons. The number of H-pyrrole nitrogens is 1. The Bertz CT molecular complexity index is 1580. The summed E-state index contributed by atoms with van der Waals surface area (Å²) < 4.78 is 48.6. The molecule has 3 aromatic carbocycles. The molecule has 5 rings (SSSR count). The van der Waals surface area contributed by atoms with Crippen LogP contribution in [0.3, 0.4) is 0 Å². The first kappa shape index (κ1) is 22.3. The third kappa shape index (κ3) is 4.00. The lowest BCUT2D eigenvalue weighted by atomic mass is 9.91. The first-order valence-electron chi connectivity index (χ1n) is 10.5. The van der Waals surface area contributed by atoms with Gasteiger partial charge in [-0.2, -0.15) is 8.75 Å². The largest absolute Gasteiger partial charge is 0.493 e. The zero-order valence-corrected chi connectivity index (χ0v) is 20.1. The molecule has 8 nitrogen and oxygen atoms in total. The molecule has 0 aliphatic carbocycles. The van der Waals surface area contributed by atoms with Crippen LogP contribution in [0.1, 0.15) is 17.0 Å². The van der Waals surface area contributed by atoms with E-state index < -0.39 is 10.0 Å². The van der Waals surface area contributed by atoms with Gasteiger partial charge in [-0.05, 0) is 41.5 Å². The van der Waals surface area contributed by atoms with Gasteiger partial charge in [-0.15, -0.1) is 0 Å². The first-order valence-corrected chi connectivity index (χ1v) is 12.7. The van der Waals surface area contributed by atoms with Gasteiger partial charge in [0.05, 0.1) is 25.9 Å². The van der Waals surface area contributed by atoms with Crippen LogP contribution in [-0.2, 0) is 10.0 Å². The topological polar surface area (TPSA) is 106 Å². The summed E-state index contributed by atoms with van der Waals surface area (Å²) in [5.74, 6) is 0.886. The molecular formula is C24H22N4O4S2. The lowest BCUT2D eigenvalue weighted by Crippen LogP contribution is -2.29. The van der Waals surface area contributed by atoms with Gasteiger partial charge in [-0.3, -0.25) is 0 Å². The monoisotopic (exact) mass is 494 g/mol. The maximum atomic E-state index is 13.3. The number of nitrogens with one attached hydrogen (secondary N) is 2. The third-order valence-electron chi connectivity index (χ3n) is 5.82. The molecule has 5 aromatic rings. The van der Waals surface area contributed by atoms with Gasteiger partial charge in [0.1, 0.15) is 15.9 Å². The quantitative estimate of drug-likeness (QED) is 0.333. The minimum absolute atomic E-state index is 0.115. The van der Waals surface area contributed by atoms with Crippen molar-refractivity contribution in [1.29, 1.82) is 0 Å². The van der Waals surface area contributed by atoms with Crippen LogP contribution in [0.15, 0.2) is 71.8 Å². The molecular weight excluding hydrogens is 472 g/mol. The molecule has 0 amide bonds. The number of aromatic nitrogens is 3. The number of methoxy groups -OCH3 is 2. The molecule has 2 aromatic heterocycles. The van der Waals surface area contributed by atoms with Crippen molar-refractivity contribution >= 4 is 43.7 Å². The van der Waals surface area contributed by atoms with E-state index in [1.54, 1.807) is 32.4 Å². The number of sulfonamides is 1. The van der Waals surface area contributed by atoms with Crippen LogP contribution in [0.25, 0.3) is 21.9 Å². The minimum atomic E-state index is -3.84. The van der Waals surface area contributed by atoms with Crippen molar-refractivity contribution < 1.29 is 17.9 Å². The SMILES string of the molecule is COc1ccc(C(CNS(=O)(=O)c2cccc3nsnc23)c2c[nH]c3ccccc23)cc1OC. The molecule has 0 bridgehead atoms. The lowest BCUT2D eigenvalue weighted by molar-refractivity contribution is 0.354. The Morgan fingerprint density at radius 1 is 1.00 bits per heavy atom. The number of hydrogen-bond acceptors (Lipinski definition) is 7. The van der Waals surface area contributed by atoms with Crippen molar-refractivity contribution in [3.63, 3.8) is 0 Å². The Morgan fingerprint density at radius 2 is 1.82 bits per heavy atom. The zero-order valence-electron chi connectivity index (χ0n) is 18.5. The number of para-hydroxylation sites is 1. The molecule has 0 fully saturated rings. The smallest absolute Gasteiger partial charge is 0.242 e. The molecule has 2 N–H and O–H groups in total. The molecule has 0 spiro atoms. The van der Waals surface area contributed by atoms with Crippen molar-refractivity contribution in [1.82, 2.24) is 18.5 Å². The molecule has 10 heteroatoms. The highest BCUT2D eigenvalue weighted by atomic mass is 32.2. The fraction of sp³-hybridized carbons (Fsp3) is 0.167. The molecule has 0 saturated carbocycles. The van der Waals surface area contributed by atoms with E-state index in [2.05, 4.69) is 18.5 Å². The summed E-state index contributed by atoms with van der Waals surface area (Å²) >= 11 is 0.989. The molecule has 2 heterocycles. The standard InChI is InChI=1S/C24H22N4O4S2/c1-31-21-11-10-15(12-22(21)32-2)17(18-13-25-19-7-4-3-6-16(18)19)14-26-34(29,30)23-9-5-8-20-24(23)28-33-27-20/h3-13,17,25-26H,14H2,1-2H3. The average molecular weight is 495 g/mol. The van der Waals surface area contributed by atoms with Gasteiger partial charge in [-0.25, -0.2) is 13.1 Å². The minimum Gasteiger partial charge on any atom is -0.493 e. The molecule has 174 valence electrons. The summed E-state index contributed by atoms with van der Waals surface area (Å²) in [4.78, 5) is 3.40. The van der Waals surface area contributed by atoms with E-state index in [0.717, 1.165) is 33.8 Å². The summed E-state index contributed by atoms with van der Waals surface area (Å²) in [6.07, 6.45) is 1.92.